The summed E-state index contributed by atoms with van der Waals surface area (Å²) in [5, 5.41) is 15.5. The molecule has 0 fully saturated rings. The molecule has 12 heteroatoms. The third-order valence-electron chi connectivity index (χ3n) is 4.45. The zero-order valence-electron chi connectivity index (χ0n) is 17.6. The summed E-state index contributed by atoms with van der Waals surface area (Å²) in [6, 6.07) is 14.0. The van der Waals surface area contributed by atoms with Crippen LogP contribution in [0.25, 0.3) is 0 Å². The Kier molecular flexibility index (Phi) is 6.78. The first kappa shape index (κ1) is 23.5. The molecule has 3 N–H and O–H groups in total. The lowest BCUT2D eigenvalue weighted by molar-refractivity contribution is -0.384. The fraction of sp³-hybridized carbons (Fsp3) is 0.0952. The van der Waals surface area contributed by atoms with E-state index >= 15 is 0 Å². The predicted molar refractivity (Wildman–Crippen MR) is 124 cm³/mol. The van der Waals surface area contributed by atoms with E-state index < -0.39 is 31.7 Å². The molecule has 0 aromatic heterocycles. The Bertz CT molecular complexity index is 1280. The van der Waals surface area contributed by atoms with Crippen LogP contribution < -0.4 is 20.3 Å². The SMILES string of the molecule is CN(C)c1ccc(NS(=O)(=O)c2cc(NC(=O)Nc3ccc([N+](=O)[O-])cc3)ccc2F)cc1. The van der Waals surface area contributed by atoms with Crippen molar-refractivity contribution in [2.75, 3.05) is 34.4 Å². The zero-order valence-corrected chi connectivity index (χ0v) is 18.4. The first-order valence-corrected chi connectivity index (χ1v) is 11.0. The molecule has 0 aliphatic heterocycles. The Labute approximate surface area is 189 Å². The van der Waals surface area contributed by atoms with Gasteiger partial charge in [-0.05, 0) is 54.6 Å². The van der Waals surface area contributed by atoms with Crippen LogP contribution in [0.4, 0.5) is 37.6 Å². The Morgan fingerprint density at radius 3 is 2.03 bits per heavy atom. The normalized spacial score (nSPS) is 10.9. The van der Waals surface area contributed by atoms with Crippen LogP contribution in [-0.2, 0) is 10.0 Å². The van der Waals surface area contributed by atoms with Crippen LogP contribution in [0.2, 0.25) is 0 Å². The van der Waals surface area contributed by atoms with Gasteiger partial charge in [-0.25, -0.2) is 17.6 Å². The van der Waals surface area contributed by atoms with Crippen molar-refractivity contribution in [2.45, 2.75) is 4.90 Å². The fourth-order valence-electron chi connectivity index (χ4n) is 2.78. The second-order valence-electron chi connectivity index (χ2n) is 7.08. The summed E-state index contributed by atoms with van der Waals surface area (Å²) >= 11 is 0. The van der Waals surface area contributed by atoms with E-state index in [1.54, 1.807) is 24.3 Å². The maximum atomic E-state index is 14.3. The third-order valence-corrected chi connectivity index (χ3v) is 5.85. The highest BCUT2D eigenvalue weighted by atomic mass is 32.2. The number of nitro benzene ring substituents is 1. The van der Waals surface area contributed by atoms with Gasteiger partial charge >= 0.3 is 6.03 Å². The van der Waals surface area contributed by atoms with Crippen molar-refractivity contribution < 1.29 is 22.5 Å². The number of nitrogens with one attached hydrogen (secondary N) is 3. The van der Waals surface area contributed by atoms with E-state index in [4.69, 9.17) is 0 Å². The summed E-state index contributed by atoms with van der Waals surface area (Å²) in [5.74, 6) is -0.992. The summed E-state index contributed by atoms with van der Waals surface area (Å²) in [4.78, 5) is 23.5. The van der Waals surface area contributed by atoms with Crippen molar-refractivity contribution in [3.05, 3.63) is 82.7 Å². The number of hydrogen-bond donors (Lipinski definition) is 3. The maximum Gasteiger partial charge on any atom is 0.323 e. The minimum absolute atomic E-state index is 0.0270. The number of rotatable bonds is 7. The lowest BCUT2D eigenvalue weighted by Crippen LogP contribution is -2.20. The Morgan fingerprint density at radius 1 is 0.909 bits per heavy atom. The fourth-order valence-corrected chi connectivity index (χ4v) is 3.95. The van der Waals surface area contributed by atoms with E-state index in [9.17, 15) is 27.7 Å². The van der Waals surface area contributed by atoms with Gasteiger partial charge in [0.2, 0.25) is 0 Å². The van der Waals surface area contributed by atoms with E-state index in [0.717, 1.165) is 17.8 Å². The van der Waals surface area contributed by atoms with Gasteiger partial charge in [0.15, 0.2) is 0 Å². The highest BCUT2D eigenvalue weighted by molar-refractivity contribution is 7.92. The third kappa shape index (κ3) is 5.95. The molecule has 33 heavy (non-hydrogen) atoms. The molecule has 0 aliphatic rings. The van der Waals surface area contributed by atoms with Crippen LogP contribution in [0.3, 0.4) is 0 Å². The number of nitrogens with zero attached hydrogens (tertiary/aromatic N) is 2. The molecule has 0 unspecified atom stereocenters. The number of sulfonamides is 1. The first-order chi connectivity index (χ1) is 15.5. The van der Waals surface area contributed by atoms with Crippen LogP contribution in [0.1, 0.15) is 0 Å². The number of amides is 2. The van der Waals surface area contributed by atoms with Crippen molar-refractivity contribution in [1.82, 2.24) is 0 Å². The molecule has 0 saturated carbocycles. The molecule has 0 heterocycles. The van der Waals surface area contributed by atoms with Gasteiger partial charge in [0, 0.05) is 49.0 Å². The average molecular weight is 473 g/mol. The van der Waals surface area contributed by atoms with Crippen LogP contribution in [-0.4, -0.2) is 33.5 Å². The minimum atomic E-state index is -4.28. The summed E-state index contributed by atoms with van der Waals surface area (Å²) in [6.45, 7) is 0. The largest absolute Gasteiger partial charge is 0.378 e. The van der Waals surface area contributed by atoms with Crippen LogP contribution in [0.5, 0.6) is 0 Å². The average Bonchev–Trinajstić information content (AvgIpc) is 2.75. The topological polar surface area (TPSA) is 134 Å². The Hall–Kier alpha value is -4.19. The molecule has 2 amide bonds. The highest BCUT2D eigenvalue weighted by Crippen LogP contribution is 2.24. The summed E-state index contributed by atoms with van der Waals surface area (Å²) in [6.07, 6.45) is 0. The highest BCUT2D eigenvalue weighted by Gasteiger charge is 2.20. The van der Waals surface area contributed by atoms with E-state index in [-0.39, 0.29) is 22.7 Å². The second kappa shape index (κ2) is 9.53. The summed E-state index contributed by atoms with van der Waals surface area (Å²) in [7, 11) is -0.605. The predicted octanol–water partition coefficient (Wildman–Crippen LogP) is 4.24. The van der Waals surface area contributed by atoms with E-state index in [0.29, 0.717) is 0 Å². The molecule has 172 valence electrons. The van der Waals surface area contributed by atoms with E-state index in [1.165, 1.54) is 30.3 Å². The number of carbonyl (C=O) groups is 1. The van der Waals surface area contributed by atoms with Gasteiger partial charge in [-0.15, -0.1) is 0 Å². The number of urea groups is 1. The van der Waals surface area contributed by atoms with Crippen molar-refractivity contribution >= 4 is 44.5 Å². The Morgan fingerprint density at radius 2 is 1.45 bits per heavy atom. The zero-order chi connectivity index (χ0) is 24.2. The molecule has 0 radical (unpaired) electrons. The van der Waals surface area contributed by atoms with Crippen molar-refractivity contribution in [3.63, 3.8) is 0 Å². The molecule has 0 saturated heterocycles. The lowest BCUT2D eigenvalue weighted by atomic mass is 10.3. The van der Waals surface area contributed by atoms with Gasteiger partial charge in [0.25, 0.3) is 15.7 Å². The van der Waals surface area contributed by atoms with E-state index in [2.05, 4.69) is 15.4 Å². The number of halogens is 1. The molecule has 0 spiro atoms. The van der Waals surface area contributed by atoms with Crippen molar-refractivity contribution in [2.24, 2.45) is 0 Å². The van der Waals surface area contributed by atoms with Crippen LogP contribution >= 0.6 is 0 Å². The van der Waals surface area contributed by atoms with Gasteiger partial charge in [-0.2, -0.15) is 0 Å². The lowest BCUT2D eigenvalue weighted by Gasteiger charge is -2.14. The molecule has 0 bridgehead atoms. The molecule has 0 aliphatic carbocycles. The molecular weight excluding hydrogens is 453 g/mol. The van der Waals surface area contributed by atoms with Gasteiger partial charge in [-0.1, -0.05) is 0 Å². The Balaban J connectivity index is 1.73. The first-order valence-electron chi connectivity index (χ1n) is 9.47. The van der Waals surface area contributed by atoms with Gasteiger partial charge in [0.1, 0.15) is 10.7 Å². The molecule has 3 aromatic rings. The molecular formula is C21H20FN5O5S. The minimum Gasteiger partial charge on any atom is -0.378 e. The maximum absolute atomic E-state index is 14.3. The monoisotopic (exact) mass is 473 g/mol. The van der Waals surface area contributed by atoms with Gasteiger partial charge in [-0.3, -0.25) is 14.8 Å². The molecule has 3 aromatic carbocycles. The second-order valence-corrected chi connectivity index (χ2v) is 8.73. The van der Waals surface area contributed by atoms with Crippen molar-refractivity contribution in [1.29, 1.82) is 0 Å². The molecule has 3 rings (SSSR count). The number of hydrogen-bond acceptors (Lipinski definition) is 6. The number of non-ortho nitro benzene ring substituents is 1. The number of anilines is 4. The standard InChI is InChI=1S/C21H20FN5O5S/c1-26(2)17-8-5-15(6-9-17)25-33(31,32)20-13-16(7-12-19(20)22)24-21(28)23-14-3-10-18(11-4-14)27(29)30/h3-13,25H,1-2H3,(H2,23,24,28). The van der Waals surface area contributed by atoms with Crippen LogP contribution in [0.15, 0.2) is 71.6 Å². The van der Waals surface area contributed by atoms with E-state index in [1.807, 2.05) is 19.0 Å². The van der Waals surface area contributed by atoms with Crippen LogP contribution in [0, 0.1) is 15.9 Å². The van der Waals surface area contributed by atoms with Gasteiger partial charge in [0.05, 0.1) is 4.92 Å². The smallest absolute Gasteiger partial charge is 0.323 e. The number of nitro groups is 1. The number of carbonyl (C=O) groups excluding carboxylic acids is 1. The molecule has 10 nitrogen and oxygen atoms in total. The summed E-state index contributed by atoms with van der Waals surface area (Å²) < 4.78 is 42.0. The molecule has 0 atom stereocenters. The van der Waals surface area contributed by atoms with Gasteiger partial charge < -0.3 is 15.5 Å². The summed E-state index contributed by atoms with van der Waals surface area (Å²) in [5.41, 5.74) is 1.26. The van der Waals surface area contributed by atoms with Crippen molar-refractivity contribution in [3.8, 4) is 0 Å². The quantitative estimate of drug-likeness (QED) is 0.347. The number of benzene rings is 3.